The highest BCUT2D eigenvalue weighted by Crippen LogP contribution is 2.21. The molecule has 3 N–H and O–H groups in total. The molecule has 0 heterocycles. The minimum atomic E-state index is -1.15. The van der Waals surface area contributed by atoms with Crippen LogP contribution in [0.1, 0.15) is 29.8 Å². The van der Waals surface area contributed by atoms with Gasteiger partial charge in [-0.25, -0.2) is 4.79 Å². The van der Waals surface area contributed by atoms with Crippen LogP contribution in [0.2, 0.25) is 5.02 Å². The molecule has 0 unspecified atom stereocenters. The second-order valence-corrected chi connectivity index (χ2v) is 6.80. The lowest BCUT2D eigenvalue weighted by atomic mass is 10.1. The van der Waals surface area contributed by atoms with Crippen LogP contribution in [0.5, 0.6) is 0 Å². The van der Waals surface area contributed by atoms with Gasteiger partial charge in [0.15, 0.2) is 0 Å². The molecule has 27 heavy (non-hydrogen) atoms. The number of carboxylic acid groups (broad SMARTS) is 1. The highest BCUT2D eigenvalue weighted by Gasteiger charge is 2.22. The van der Waals surface area contributed by atoms with Gasteiger partial charge in [-0.15, -0.1) is 0 Å². The van der Waals surface area contributed by atoms with Gasteiger partial charge in [-0.1, -0.05) is 55.8 Å². The van der Waals surface area contributed by atoms with E-state index in [0.717, 1.165) is 5.56 Å². The van der Waals surface area contributed by atoms with Crippen molar-refractivity contribution in [3.8, 4) is 0 Å². The molecular weight excluding hydrogens is 368 g/mol. The SMILES string of the molecule is CC(C)C(=O)Nc1ccc(Cl)c(C(=O)N[C@H](Cc2ccccc2)C(=O)O)c1. The number of hydrogen-bond acceptors (Lipinski definition) is 3. The molecule has 0 saturated heterocycles. The van der Waals surface area contributed by atoms with Crippen molar-refractivity contribution in [1.82, 2.24) is 5.32 Å². The van der Waals surface area contributed by atoms with Gasteiger partial charge < -0.3 is 15.7 Å². The monoisotopic (exact) mass is 388 g/mol. The largest absolute Gasteiger partial charge is 0.480 e. The predicted octanol–water partition coefficient (Wildman–Crippen LogP) is 3.36. The Morgan fingerprint density at radius 2 is 1.74 bits per heavy atom. The Hall–Kier alpha value is -2.86. The number of rotatable bonds is 7. The first-order chi connectivity index (χ1) is 12.8. The van der Waals surface area contributed by atoms with Gasteiger partial charge in [0, 0.05) is 18.0 Å². The molecule has 2 amide bonds. The molecule has 0 radical (unpaired) electrons. The van der Waals surface area contributed by atoms with E-state index in [1.165, 1.54) is 12.1 Å². The first-order valence-electron chi connectivity index (χ1n) is 8.46. The van der Waals surface area contributed by atoms with Crippen LogP contribution < -0.4 is 10.6 Å². The average molecular weight is 389 g/mol. The minimum Gasteiger partial charge on any atom is -0.480 e. The second kappa shape index (κ2) is 9.19. The van der Waals surface area contributed by atoms with E-state index in [2.05, 4.69) is 10.6 Å². The number of anilines is 1. The van der Waals surface area contributed by atoms with Gasteiger partial charge >= 0.3 is 5.97 Å². The number of carbonyl (C=O) groups is 3. The van der Waals surface area contributed by atoms with Crippen LogP contribution in [0.15, 0.2) is 48.5 Å². The summed E-state index contributed by atoms with van der Waals surface area (Å²) in [6.07, 6.45) is 0.142. The van der Waals surface area contributed by atoms with E-state index in [1.807, 2.05) is 6.07 Å². The third-order valence-corrected chi connectivity index (χ3v) is 4.22. The molecule has 0 fully saturated rings. The van der Waals surface area contributed by atoms with Gasteiger partial charge in [0.2, 0.25) is 5.91 Å². The molecule has 2 aromatic rings. The Labute approximate surface area is 162 Å². The molecule has 142 valence electrons. The summed E-state index contributed by atoms with van der Waals surface area (Å²) in [5, 5.41) is 14.8. The van der Waals surface area contributed by atoms with Crippen molar-refractivity contribution in [3.05, 3.63) is 64.7 Å². The van der Waals surface area contributed by atoms with Crippen LogP contribution in [0.25, 0.3) is 0 Å². The zero-order chi connectivity index (χ0) is 20.0. The number of amides is 2. The summed E-state index contributed by atoms with van der Waals surface area (Å²) in [6, 6.07) is 12.4. The number of benzene rings is 2. The third-order valence-electron chi connectivity index (χ3n) is 3.89. The van der Waals surface area contributed by atoms with Crippen molar-refractivity contribution in [2.75, 3.05) is 5.32 Å². The van der Waals surface area contributed by atoms with E-state index >= 15 is 0 Å². The first-order valence-corrected chi connectivity index (χ1v) is 8.83. The fourth-order valence-corrected chi connectivity index (χ4v) is 2.55. The lowest BCUT2D eigenvalue weighted by molar-refractivity contribution is -0.139. The summed E-state index contributed by atoms with van der Waals surface area (Å²) in [7, 11) is 0. The highest BCUT2D eigenvalue weighted by molar-refractivity contribution is 6.34. The van der Waals surface area contributed by atoms with Crippen LogP contribution in [0, 0.1) is 5.92 Å². The lowest BCUT2D eigenvalue weighted by Crippen LogP contribution is -2.42. The predicted molar refractivity (Wildman–Crippen MR) is 104 cm³/mol. The molecule has 0 saturated carbocycles. The van der Waals surface area contributed by atoms with Crippen LogP contribution in [0.3, 0.4) is 0 Å². The van der Waals surface area contributed by atoms with Crippen molar-refractivity contribution in [3.63, 3.8) is 0 Å². The Bertz CT molecular complexity index is 837. The molecule has 0 bridgehead atoms. The van der Waals surface area contributed by atoms with Crippen LogP contribution in [0.4, 0.5) is 5.69 Å². The second-order valence-electron chi connectivity index (χ2n) is 6.39. The summed E-state index contributed by atoms with van der Waals surface area (Å²) in [4.78, 5) is 35.9. The number of carbonyl (C=O) groups excluding carboxylic acids is 2. The number of carboxylic acids is 1. The van der Waals surface area contributed by atoms with E-state index < -0.39 is 17.9 Å². The van der Waals surface area contributed by atoms with Crippen molar-refractivity contribution >= 4 is 35.1 Å². The van der Waals surface area contributed by atoms with Crippen molar-refractivity contribution < 1.29 is 19.5 Å². The molecule has 2 aromatic carbocycles. The topological polar surface area (TPSA) is 95.5 Å². The zero-order valence-electron chi connectivity index (χ0n) is 15.0. The van der Waals surface area contributed by atoms with E-state index in [-0.39, 0.29) is 28.8 Å². The fraction of sp³-hybridized carbons (Fsp3) is 0.250. The van der Waals surface area contributed by atoms with Crippen molar-refractivity contribution in [2.24, 2.45) is 5.92 Å². The number of aliphatic carboxylic acids is 1. The minimum absolute atomic E-state index is 0.0949. The normalized spacial score (nSPS) is 11.7. The Morgan fingerprint density at radius 1 is 1.07 bits per heavy atom. The van der Waals surface area contributed by atoms with Crippen molar-refractivity contribution in [1.29, 1.82) is 0 Å². The van der Waals surface area contributed by atoms with E-state index in [0.29, 0.717) is 5.69 Å². The average Bonchev–Trinajstić information content (AvgIpc) is 2.63. The van der Waals surface area contributed by atoms with Crippen LogP contribution >= 0.6 is 11.6 Å². The number of nitrogens with one attached hydrogen (secondary N) is 2. The van der Waals surface area contributed by atoms with Crippen LogP contribution in [-0.4, -0.2) is 28.9 Å². The smallest absolute Gasteiger partial charge is 0.326 e. The molecule has 7 heteroatoms. The third kappa shape index (κ3) is 5.82. The Kier molecular flexibility index (Phi) is 6.96. The molecular formula is C20H21ClN2O4. The summed E-state index contributed by atoms with van der Waals surface area (Å²) < 4.78 is 0. The van der Waals surface area contributed by atoms with Gasteiger partial charge in [-0.3, -0.25) is 9.59 Å². The molecule has 0 aromatic heterocycles. The first kappa shape index (κ1) is 20.5. The maximum absolute atomic E-state index is 12.6. The standard InChI is InChI=1S/C20H21ClN2O4/c1-12(2)18(24)22-14-8-9-16(21)15(11-14)19(25)23-17(20(26)27)10-13-6-4-3-5-7-13/h3-9,11-12,17H,10H2,1-2H3,(H,22,24)(H,23,25)(H,26,27)/t17-/m1/s1. The summed E-state index contributed by atoms with van der Waals surface area (Å²) in [5.74, 6) is -2.19. The molecule has 1 atom stereocenters. The van der Waals surface area contributed by atoms with E-state index in [1.54, 1.807) is 44.2 Å². The number of halogens is 1. The molecule has 0 spiro atoms. The Balaban J connectivity index is 2.17. The highest BCUT2D eigenvalue weighted by atomic mass is 35.5. The number of hydrogen-bond donors (Lipinski definition) is 3. The van der Waals surface area contributed by atoms with Gasteiger partial charge in [-0.05, 0) is 23.8 Å². The van der Waals surface area contributed by atoms with Gasteiger partial charge in [0.25, 0.3) is 5.91 Å². The molecule has 0 aliphatic carbocycles. The molecule has 2 rings (SSSR count). The Morgan fingerprint density at radius 3 is 2.33 bits per heavy atom. The summed E-state index contributed by atoms with van der Waals surface area (Å²) in [5.41, 5.74) is 1.30. The quantitative estimate of drug-likeness (QED) is 0.677. The maximum Gasteiger partial charge on any atom is 0.326 e. The zero-order valence-corrected chi connectivity index (χ0v) is 15.8. The lowest BCUT2D eigenvalue weighted by Gasteiger charge is -2.16. The fourth-order valence-electron chi connectivity index (χ4n) is 2.35. The maximum atomic E-state index is 12.6. The van der Waals surface area contributed by atoms with Gasteiger partial charge in [0.1, 0.15) is 6.04 Å². The summed E-state index contributed by atoms with van der Waals surface area (Å²) >= 11 is 6.09. The van der Waals surface area contributed by atoms with E-state index in [4.69, 9.17) is 11.6 Å². The molecule has 0 aliphatic heterocycles. The summed E-state index contributed by atoms with van der Waals surface area (Å²) in [6.45, 7) is 3.50. The molecule has 0 aliphatic rings. The van der Waals surface area contributed by atoms with Gasteiger partial charge in [0.05, 0.1) is 10.6 Å². The molecule has 6 nitrogen and oxygen atoms in total. The van der Waals surface area contributed by atoms with Gasteiger partial charge in [-0.2, -0.15) is 0 Å². The van der Waals surface area contributed by atoms with Crippen molar-refractivity contribution in [2.45, 2.75) is 26.3 Å². The van der Waals surface area contributed by atoms with Crippen LogP contribution in [-0.2, 0) is 16.0 Å². The van der Waals surface area contributed by atoms with E-state index in [9.17, 15) is 19.5 Å².